The van der Waals surface area contributed by atoms with Crippen LogP contribution in [0.5, 0.6) is 0 Å². The lowest BCUT2D eigenvalue weighted by molar-refractivity contribution is -0.117. The van der Waals surface area contributed by atoms with E-state index < -0.39 is 0 Å². The summed E-state index contributed by atoms with van der Waals surface area (Å²) in [5.41, 5.74) is 6.65. The molecule has 0 heterocycles. The number of nitrogens with one attached hydrogen (secondary N) is 2. The van der Waals surface area contributed by atoms with Gasteiger partial charge in [-0.05, 0) is 30.7 Å². The van der Waals surface area contributed by atoms with E-state index in [4.69, 9.17) is 5.73 Å². The Balaban J connectivity index is 2.43. The van der Waals surface area contributed by atoms with E-state index in [2.05, 4.69) is 10.6 Å². The molecule has 5 heteroatoms. The molecule has 0 aromatic heterocycles. The highest BCUT2D eigenvalue weighted by Gasteiger charge is 2.02. The highest BCUT2D eigenvalue weighted by Crippen LogP contribution is 2.09. The first-order chi connectivity index (χ1) is 8.61. The summed E-state index contributed by atoms with van der Waals surface area (Å²) in [6.07, 6.45) is 1.21. The summed E-state index contributed by atoms with van der Waals surface area (Å²) >= 11 is 0. The quantitative estimate of drug-likeness (QED) is 0.620. The fourth-order valence-electron chi connectivity index (χ4n) is 1.49. The molecule has 0 atom stereocenters. The van der Waals surface area contributed by atoms with E-state index in [0.29, 0.717) is 12.2 Å². The van der Waals surface area contributed by atoms with E-state index >= 15 is 0 Å². The summed E-state index contributed by atoms with van der Waals surface area (Å²) in [6, 6.07) is 7.08. The van der Waals surface area contributed by atoms with Crippen molar-refractivity contribution < 1.29 is 9.59 Å². The number of carbonyl (C=O) groups is 2. The highest BCUT2D eigenvalue weighted by molar-refractivity contribution is 5.92. The second kappa shape index (κ2) is 7.45. The second-order valence-electron chi connectivity index (χ2n) is 4.06. The second-order valence-corrected chi connectivity index (χ2v) is 4.06. The zero-order valence-corrected chi connectivity index (χ0v) is 10.5. The van der Waals surface area contributed by atoms with Gasteiger partial charge in [-0.15, -0.1) is 0 Å². The predicted molar refractivity (Wildman–Crippen MR) is 71.1 cm³/mol. The maximum absolute atomic E-state index is 11.5. The Morgan fingerprint density at radius 1 is 1.22 bits per heavy atom. The molecule has 4 N–H and O–H groups in total. The van der Waals surface area contributed by atoms with Crippen molar-refractivity contribution in [1.82, 2.24) is 5.32 Å². The fourth-order valence-corrected chi connectivity index (χ4v) is 1.49. The Bertz CT molecular complexity index is 401. The van der Waals surface area contributed by atoms with Crippen molar-refractivity contribution in [3.8, 4) is 0 Å². The van der Waals surface area contributed by atoms with Gasteiger partial charge in [0.1, 0.15) is 0 Å². The van der Waals surface area contributed by atoms with Crippen LogP contribution >= 0.6 is 0 Å². The van der Waals surface area contributed by atoms with Gasteiger partial charge in [-0.2, -0.15) is 0 Å². The van der Waals surface area contributed by atoms with Gasteiger partial charge in [0.15, 0.2) is 0 Å². The number of hydrogen-bond donors (Lipinski definition) is 3. The maximum atomic E-state index is 11.5. The van der Waals surface area contributed by atoms with E-state index in [9.17, 15) is 9.59 Å². The molecule has 0 saturated heterocycles. The summed E-state index contributed by atoms with van der Waals surface area (Å²) in [4.78, 5) is 22.2. The van der Waals surface area contributed by atoms with Crippen LogP contribution in [0.25, 0.3) is 0 Å². The first kappa shape index (κ1) is 14.2. The average molecular weight is 249 g/mol. The van der Waals surface area contributed by atoms with Crippen molar-refractivity contribution >= 4 is 17.5 Å². The fraction of sp³-hybridized carbons (Fsp3) is 0.385. The molecule has 5 nitrogen and oxygen atoms in total. The summed E-state index contributed by atoms with van der Waals surface area (Å²) in [6.45, 7) is 3.17. The van der Waals surface area contributed by atoms with Crippen LogP contribution in [0.15, 0.2) is 24.3 Å². The standard InChI is InChI=1S/C13H19N3O2/c1-2-7-15-9-13(18)16-11-5-3-10(4-6-11)8-12(14)17/h3-6,15H,2,7-9H2,1H3,(H2,14,17)(H,16,18). The normalized spacial score (nSPS) is 10.1. The lowest BCUT2D eigenvalue weighted by atomic mass is 10.1. The van der Waals surface area contributed by atoms with E-state index in [-0.39, 0.29) is 18.2 Å². The van der Waals surface area contributed by atoms with Crippen molar-refractivity contribution in [1.29, 1.82) is 0 Å². The van der Waals surface area contributed by atoms with Crippen LogP contribution in [0, 0.1) is 0 Å². The third kappa shape index (κ3) is 5.45. The van der Waals surface area contributed by atoms with Gasteiger partial charge in [-0.1, -0.05) is 19.1 Å². The molecule has 0 saturated carbocycles. The third-order valence-corrected chi connectivity index (χ3v) is 2.33. The molecule has 2 amide bonds. The highest BCUT2D eigenvalue weighted by atomic mass is 16.2. The molecule has 0 unspecified atom stereocenters. The smallest absolute Gasteiger partial charge is 0.238 e. The molecule has 0 radical (unpaired) electrons. The minimum Gasteiger partial charge on any atom is -0.369 e. The number of rotatable bonds is 7. The number of nitrogens with two attached hydrogens (primary N) is 1. The molecule has 1 rings (SSSR count). The van der Waals surface area contributed by atoms with E-state index in [0.717, 1.165) is 18.5 Å². The molecule has 0 fully saturated rings. The minimum atomic E-state index is -0.365. The molecule has 0 bridgehead atoms. The minimum absolute atomic E-state index is 0.0777. The molecule has 0 aliphatic heterocycles. The first-order valence-corrected chi connectivity index (χ1v) is 5.99. The summed E-state index contributed by atoms with van der Waals surface area (Å²) < 4.78 is 0. The van der Waals surface area contributed by atoms with E-state index in [1.165, 1.54) is 0 Å². The topological polar surface area (TPSA) is 84.2 Å². The molecular weight excluding hydrogens is 230 g/mol. The molecule has 98 valence electrons. The van der Waals surface area contributed by atoms with Gasteiger partial charge in [0.2, 0.25) is 11.8 Å². The lowest BCUT2D eigenvalue weighted by Gasteiger charge is -2.06. The van der Waals surface area contributed by atoms with E-state index in [1.807, 2.05) is 6.92 Å². The van der Waals surface area contributed by atoms with Gasteiger partial charge in [-0.25, -0.2) is 0 Å². The molecule has 0 aliphatic rings. The van der Waals surface area contributed by atoms with Crippen LogP contribution in [0.2, 0.25) is 0 Å². The molecule has 1 aromatic rings. The van der Waals surface area contributed by atoms with Gasteiger partial charge in [-0.3, -0.25) is 9.59 Å². The number of carbonyl (C=O) groups excluding carboxylic acids is 2. The monoisotopic (exact) mass is 249 g/mol. The zero-order chi connectivity index (χ0) is 13.4. The van der Waals surface area contributed by atoms with Crippen molar-refractivity contribution in [3.05, 3.63) is 29.8 Å². The largest absolute Gasteiger partial charge is 0.369 e. The van der Waals surface area contributed by atoms with Crippen molar-refractivity contribution in [3.63, 3.8) is 0 Å². The SMILES string of the molecule is CCCNCC(=O)Nc1ccc(CC(N)=O)cc1. The van der Waals surface area contributed by atoms with Gasteiger partial charge in [0.25, 0.3) is 0 Å². The van der Waals surface area contributed by atoms with Crippen LogP contribution in [0.3, 0.4) is 0 Å². The Morgan fingerprint density at radius 2 is 1.89 bits per heavy atom. The van der Waals surface area contributed by atoms with Crippen LogP contribution in [-0.2, 0) is 16.0 Å². The average Bonchev–Trinajstić information content (AvgIpc) is 2.31. The summed E-state index contributed by atoms with van der Waals surface area (Å²) in [5.74, 6) is -0.443. The van der Waals surface area contributed by atoms with Crippen molar-refractivity contribution in [2.24, 2.45) is 5.73 Å². The van der Waals surface area contributed by atoms with Crippen LogP contribution in [0.1, 0.15) is 18.9 Å². The molecule has 1 aromatic carbocycles. The molecule has 0 aliphatic carbocycles. The maximum Gasteiger partial charge on any atom is 0.238 e. The Kier molecular flexibility index (Phi) is 5.87. The van der Waals surface area contributed by atoms with Gasteiger partial charge in [0.05, 0.1) is 13.0 Å². The Morgan fingerprint density at radius 3 is 2.44 bits per heavy atom. The van der Waals surface area contributed by atoms with Crippen molar-refractivity contribution in [2.45, 2.75) is 19.8 Å². The van der Waals surface area contributed by atoms with Crippen LogP contribution in [-0.4, -0.2) is 24.9 Å². The number of benzene rings is 1. The lowest BCUT2D eigenvalue weighted by Crippen LogP contribution is -2.28. The zero-order valence-electron chi connectivity index (χ0n) is 10.5. The molecular formula is C13H19N3O2. The number of amides is 2. The van der Waals surface area contributed by atoms with Crippen LogP contribution in [0.4, 0.5) is 5.69 Å². The molecule has 0 spiro atoms. The first-order valence-electron chi connectivity index (χ1n) is 5.99. The Labute approximate surface area is 107 Å². The third-order valence-electron chi connectivity index (χ3n) is 2.33. The summed E-state index contributed by atoms with van der Waals surface area (Å²) in [5, 5.41) is 5.78. The number of primary amides is 1. The number of anilines is 1. The van der Waals surface area contributed by atoms with Gasteiger partial charge >= 0.3 is 0 Å². The number of hydrogen-bond acceptors (Lipinski definition) is 3. The molecule has 18 heavy (non-hydrogen) atoms. The van der Waals surface area contributed by atoms with E-state index in [1.54, 1.807) is 24.3 Å². The van der Waals surface area contributed by atoms with Gasteiger partial charge in [0, 0.05) is 5.69 Å². The van der Waals surface area contributed by atoms with Crippen LogP contribution < -0.4 is 16.4 Å². The van der Waals surface area contributed by atoms with Gasteiger partial charge < -0.3 is 16.4 Å². The summed E-state index contributed by atoms with van der Waals surface area (Å²) in [7, 11) is 0. The Hall–Kier alpha value is -1.88. The predicted octanol–water partition coefficient (Wildman–Crippen LogP) is 0.652. The van der Waals surface area contributed by atoms with Crippen molar-refractivity contribution in [2.75, 3.05) is 18.4 Å².